The minimum Gasteiger partial charge on any atom is -0.468 e. The molecule has 0 radical (unpaired) electrons. The van der Waals surface area contributed by atoms with Crippen LogP contribution in [0.1, 0.15) is 29.8 Å². The standard InChI is InChI=1S/C17H21NO2S/c1-3-14(12-15-10-7-11-21-15)18-16(17(19)20-2)13-8-5-4-6-9-13/h4-11,14,16,18H,3,12H2,1-2H3/t14-,16-/m1/s1. The van der Waals surface area contributed by atoms with Gasteiger partial charge < -0.3 is 4.74 Å². The third-order valence-corrected chi connectivity index (χ3v) is 4.39. The number of hydrogen-bond acceptors (Lipinski definition) is 4. The average molecular weight is 303 g/mol. The van der Waals surface area contributed by atoms with E-state index in [1.165, 1.54) is 12.0 Å². The molecule has 1 aromatic heterocycles. The number of nitrogens with one attached hydrogen (secondary N) is 1. The van der Waals surface area contributed by atoms with Crippen molar-refractivity contribution in [1.29, 1.82) is 0 Å². The molecule has 0 unspecified atom stereocenters. The van der Waals surface area contributed by atoms with E-state index in [0.29, 0.717) is 0 Å². The molecule has 2 rings (SSSR count). The fourth-order valence-electron chi connectivity index (χ4n) is 2.29. The monoisotopic (exact) mass is 303 g/mol. The number of methoxy groups -OCH3 is 1. The molecular formula is C17H21NO2S. The first-order valence-corrected chi connectivity index (χ1v) is 8.03. The summed E-state index contributed by atoms with van der Waals surface area (Å²) in [5.74, 6) is -0.245. The van der Waals surface area contributed by atoms with Crippen LogP contribution < -0.4 is 5.32 Å². The van der Waals surface area contributed by atoms with E-state index in [9.17, 15) is 4.79 Å². The van der Waals surface area contributed by atoms with Gasteiger partial charge in [-0.15, -0.1) is 11.3 Å². The van der Waals surface area contributed by atoms with Crippen LogP contribution in [0.2, 0.25) is 0 Å². The largest absolute Gasteiger partial charge is 0.468 e. The summed E-state index contributed by atoms with van der Waals surface area (Å²) in [4.78, 5) is 13.4. The minimum absolute atomic E-state index is 0.243. The molecule has 1 aromatic carbocycles. The van der Waals surface area contributed by atoms with Crippen LogP contribution >= 0.6 is 11.3 Å². The van der Waals surface area contributed by atoms with Crippen LogP contribution in [0.15, 0.2) is 47.8 Å². The lowest BCUT2D eigenvalue weighted by Gasteiger charge is -2.23. The second-order valence-corrected chi connectivity index (χ2v) is 5.95. The van der Waals surface area contributed by atoms with Gasteiger partial charge in [0.25, 0.3) is 0 Å². The summed E-state index contributed by atoms with van der Waals surface area (Å²) in [6.07, 6.45) is 1.88. The van der Waals surface area contributed by atoms with Gasteiger partial charge in [0.1, 0.15) is 6.04 Å². The first kappa shape index (κ1) is 15.7. The van der Waals surface area contributed by atoms with E-state index in [1.54, 1.807) is 11.3 Å². The van der Waals surface area contributed by atoms with Crippen molar-refractivity contribution < 1.29 is 9.53 Å². The van der Waals surface area contributed by atoms with E-state index >= 15 is 0 Å². The van der Waals surface area contributed by atoms with Gasteiger partial charge in [-0.25, -0.2) is 4.79 Å². The van der Waals surface area contributed by atoms with Crippen molar-refractivity contribution in [3.05, 3.63) is 58.3 Å². The smallest absolute Gasteiger partial charge is 0.327 e. The highest BCUT2D eigenvalue weighted by molar-refractivity contribution is 7.09. The molecule has 1 heterocycles. The normalized spacial score (nSPS) is 13.6. The number of benzene rings is 1. The van der Waals surface area contributed by atoms with Crippen LogP contribution in [0.3, 0.4) is 0 Å². The Labute approximate surface area is 130 Å². The van der Waals surface area contributed by atoms with Crippen LogP contribution in [-0.2, 0) is 16.0 Å². The quantitative estimate of drug-likeness (QED) is 0.795. The molecule has 2 atom stereocenters. The average Bonchev–Trinajstić information content (AvgIpc) is 3.04. The number of hydrogen-bond donors (Lipinski definition) is 1. The molecule has 4 heteroatoms. The fraction of sp³-hybridized carbons (Fsp3) is 0.353. The van der Waals surface area contributed by atoms with Crippen LogP contribution in [-0.4, -0.2) is 19.1 Å². The first-order valence-electron chi connectivity index (χ1n) is 7.15. The number of esters is 1. The van der Waals surface area contributed by atoms with E-state index in [2.05, 4.69) is 29.8 Å². The van der Waals surface area contributed by atoms with Gasteiger partial charge in [0, 0.05) is 10.9 Å². The van der Waals surface area contributed by atoms with Crippen molar-refractivity contribution >= 4 is 17.3 Å². The Morgan fingerprint density at radius 2 is 2.00 bits per heavy atom. The summed E-state index contributed by atoms with van der Waals surface area (Å²) in [5, 5.41) is 5.52. The molecule has 0 spiro atoms. The molecule has 0 saturated heterocycles. The van der Waals surface area contributed by atoms with Crippen molar-refractivity contribution in [3.63, 3.8) is 0 Å². The maximum atomic E-state index is 12.1. The first-order chi connectivity index (χ1) is 10.2. The van der Waals surface area contributed by atoms with Crippen molar-refractivity contribution in [2.75, 3.05) is 7.11 Å². The lowest BCUT2D eigenvalue weighted by atomic mass is 10.0. The zero-order chi connectivity index (χ0) is 15.1. The Hall–Kier alpha value is -1.65. The second kappa shape index (κ2) is 7.96. The van der Waals surface area contributed by atoms with Crippen molar-refractivity contribution in [3.8, 4) is 0 Å². The highest BCUT2D eigenvalue weighted by Gasteiger charge is 2.24. The molecule has 0 amide bonds. The van der Waals surface area contributed by atoms with Gasteiger partial charge in [0.15, 0.2) is 0 Å². The zero-order valence-electron chi connectivity index (χ0n) is 12.4. The van der Waals surface area contributed by atoms with Crippen LogP contribution in [0.25, 0.3) is 0 Å². The Kier molecular flexibility index (Phi) is 5.96. The molecule has 0 aliphatic heterocycles. The van der Waals surface area contributed by atoms with E-state index in [-0.39, 0.29) is 12.0 Å². The number of carbonyl (C=O) groups is 1. The van der Waals surface area contributed by atoms with E-state index in [4.69, 9.17) is 4.74 Å². The number of ether oxygens (including phenoxy) is 1. The van der Waals surface area contributed by atoms with Crippen LogP contribution in [0.5, 0.6) is 0 Å². The predicted molar refractivity (Wildman–Crippen MR) is 86.4 cm³/mol. The van der Waals surface area contributed by atoms with Gasteiger partial charge in [-0.2, -0.15) is 0 Å². The third-order valence-electron chi connectivity index (χ3n) is 3.49. The minimum atomic E-state index is -0.416. The Balaban J connectivity index is 2.11. The molecule has 1 N–H and O–H groups in total. The summed E-state index contributed by atoms with van der Waals surface area (Å²) in [6, 6.07) is 13.7. The topological polar surface area (TPSA) is 38.3 Å². The van der Waals surface area contributed by atoms with Gasteiger partial charge in [-0.1, -0.05) is 43.3 Å². The predicted octanol–water partition coefficient (Wildman–Crippen LogP) is 3.57. The highest BCUT2D eigenvalue weighted by atomic mass is 32.1. The molecule has 21 heavy (non-hydrogen) atoms. The molecule has 0 aliphatic carbocycles. The number of rotatable bonds is 7. The second-order valence-electron chi connectivity index (χ2n) is 4.92. The molecule has 0 fully saturated rings. The maximum Gasteiger partial charge on any atom is 0.327 e. The summed E-state index contributed by atoms with van der Waals surface area (Å²) in [5.41, 5.74) is 0.939. The van der Waals surface area contributed by atoms with Gasteiger partial charge in [0.05, 0.1) is 7.11 Å². The SMILES string of the molecule is CC[C@H](Cc1cccs1)N[C@@H](C(=O)OC)c1ccccc1. The van der Waals surface area contributed by atoms with Crippen molar-refractivity contribution in [2.45, 2.75) is 31.8 Å². The lowest BCUT2D eigenvalue weighted by molar-refractivity contribution is -0.143. The van der Waals surface area contributed by atoms with Gasteiger partial charge in [-0.05, 0) is 29.9 Å². The summed E-state index contributed by atoms with van der Waals surface area (Å²) in [7, 11) is 1.43. The van der Waals surface area contributed by atoms with E-state index in [0.717, 1.165) is 18.4 Å². The van der Waals surface area contributed by atoms with E-state index in [1.807, 2.05) is 30.3 Å². The van der Waals surface area contributed by atoms with Crippen molar-refractivity contribution in [1.82, 2.24) is 5.32 Å². The van der Waals surface area contributed by atoms with Gasteiger partial charge in [0.2, 0.25) is 0 Å². The van der Waals surface area contributed by atoms with Crippen LogP contribution in [0, 0.1) is 0 Å². The summed E-state index contributed by atoms with van der Waals surface area (Å²) < 4.78 is 4.95. The fourth-order valence-corrected chi connectivity index (χ4v) is 3.08. The Morgan fingerprint density at radius 1 is 1.24 bits per heavy atom. The number of carbonyl (C=O) groups excluding carboxylic acids is 1. The van der Waals surface area contributed by atoms with Crippen LogP contribution in [0.4, 0.5) is 0 Å². The zero-order valence-corrected chi connectivity index (χ0v) is 13.2. The molecule has 0 saturated carbocycles. The van der Waals surface area contributed by atoms with E-state index < -0.39 is 6.04 Å². The molecule has 3 nitrogen and oxygen atoms in total. The Morgan fingerprint density at radius 3 is 2.57 bits per heavy atom. The number of thiophene rings is 1. The highest BCUT2D eigenvalue weighted by Crippen LogP contribution is 2.18. The molecule has 0 aliphatic rings. The van der Waals surface area contributed by atoms with Gasteiger partial charge in [-0.3, -0.25) is 5.32 Å². The Bertz CT molecular complexity index is 539. The lowest BCUT2D eigenvalue weighted by Crippen LogP contribution is -2.38. The van der Waals surface area contributed by atoms with Crippen molar-refractivity contribution in [2.24, 2.45) is 0 Å². The third kappa shape index (κ3) is 4.41. The molecule has 112 valence electrons. The molecule has 0 bridgehead atoms. The maximum absolute atomic E-state index is 12.1. The summed E-state index contributed by atoms with van der Waals surface area (Å²) in [6.45, 7) is 2.13. The summed E-state index contributed by atoms with van der Waals surface area (Å²) >= 11 is 1.75. The molecule has 2 aromatic rings. The molecular weight excluding hydrogens is 282 g/mol. The van der Waals surface area contributed by atoms with Gasteiger partial charge >= 0.3 is 5.97 Å².